The Morgan fingerprint density at radius 3 is 2.19 bits per heavy atom. The molecule has 0 heterocycles. The van der Waals surface area contributed by atoms with Crippen LogP contribution in [-0.4, -0.2) is 31.9 Å². The number of methoxy groups -OCH3 is 1. The first-order chi connectivity index (χ1) is 15.5. The lowest BCUT2D eigenvalue weighted by Crippen LogP contribution is -2.39. The predicted octanol–water partition coefficient (Wildman–Crippen LogP) is 5.73. The van der Waals surface area contributed by atoms with Crippen LogP contribution in [0.4, 0.5) is 0 Å². The number of ketones is 2. The van der Waals surface area contributed by atoms with Gasteiger partial charge in [0.1, 0.15) is 5.78 Å². The SMILES string of the molecule is CCOc1cc2ccccc2c(C(=O)C(CCC(C)=O)(OC)c2ccccc2)c1OCC. The second-order valence-corrected chi connectivity index (χ2v) is 7.59. The summed E-state index contributed by atoms with van der Waals surface area (Å²) >= 11 is 0. The molecule has 1 atom stereocenters. The summed E-state index contributed by atoms with van der Waals surface area (Å²) in [7, 11) is 1.51. The molecule has 0 spiro atoms. The van der Waals surface area contributed by atoms with Crippen LogP contribution in [0.15, 0.2) is 60.7 Å². The Balaban J connectivity index is 2.33. The maximum atomic E-state index is 14.4. The Morgan fingerprint density at radius 1 is 0.906 bits per heavy atom. The van der Waals surface area contributed by atoms with Crippen molar-refractivity contribution < 1.29 is 23.8 Å². The molecule has 3 aromatic rings. The number of ether oxygens (including phenoxy) is 3. The third-order valence-electron chi connectivity index (χ3n) is 5.57. The number of hydrogen-bond acceptors (Lipinski definition) is 5. The molecule has 0 bridgehead atoms. The molecule has 0 aliphatic carbocycles. The lowest BCUT2D eigenvalue weighted by atomic mass is 9.80. The Bertz CT molecular complexity index is 1090. The third kappa shape index (κ3) is 4.53. The van der Waals surface area contributed by atoms with E-state index in [4.69, 9.17) is 14.2 Å². The van der Waals surface area contributed by atoms with Crippen LogP contribution in [0.1, 0.15) is 49.5 Å². The maximum absolute atomic E-state index is 14.4. The quantitative estimate of drug-likeness (QED) is 0.361. The first-order valence-electron chi connectivity index (χ1n) is 10.9. The highest BCUT2D eigenvalue weighted by Gasteiger charge is 2.43. The lowest BCUT2D eigenvalue weighted by molar-refractivity contribution is -0.118. The van der Waals surface area contributed by atoms with Crippen molar-refractivity contribution in [3.63, 3.8) is 0 Å². The molecule has 0 aromatic heterocycles. The summed E-state index contributed by atoms with van der Waals surface area (Å²) in [5.41, 5.74) is -0.239. The standard InChI is InChI=1S/C27H30O5/c1-5-31-23-18-20-12-10-11-15-22(20)24(25(23)32-6-2)26(29)27(30-4,17-16-19(3)28)21-13-8-7-9-14-21/h7-15,18H,5-6,16-17H2,1-4H3. The largest absolute Gasteiger partial charge is 0.490 e. The summed E-state index contributed by atoms with van der Waals surface area (Å²) in [5, 5.41) is 1.62. The highest BCUT2D eigenvalue weighted by atomic mass is 16.5. The predicted molar refractivity (Wildman–Crippen MR) is 126 cm³/mol. The van der Waals surface area contributed by atoms with Crippen molar-refractivity contribution >= 4 is 22.3 Å². The van der Waals surface area contributed by atoms with E-state index >= 15 is 0 Å². The average molecular weight is 435 g/mol. The van der Waals surface area contributed by atoms with E-state index < -0.39 is 5.60 Å². The van der Waals surface area contributed by atoms with Gasteiger partial charge in [0.05, 0.1) is 18.8 Å². The minimum atomic E-state index is -1.34. The van der Waals surface area contributed by atoms with E-state index in [1.165, 1.54) is 14.0 Å². The summed E-state index contributed by atoms with van der Waals surface area (Å²) < 4.78 is 17.8. The second kappa shape index (κ2) is 10.4. The molecule has 5 nitrogen and oxygen atoms in total. The fraction of sp³-hybridized carbons (Fsp3) is 0.333. The number of fused-ring (bicyclic) bond motifs is 1. The van der Waals surface area contributed by atoms with Gasteiger partial charge in [0, 0.05) is 13.5 Å². The van der Waals surface area contributed by atoms with Crippen molar-refractivity contribution in [2.75, 3.05) is 20.3 Å². The number of carbonyl (C=O) groups excluding carboxylic acids is 2. The molecule has 0 radical (unpaired) electrons. The summed E-state index contributed by atoms with van der Waals surface area (Å²) in [4.78, 5) is 26.3. The fourth-order valence-electron chi connectivity index (χ4n) is 4.04. The number of carbonyl (C=O) groups is 2. The monoisotopic (exact) mass is 434 g/mol. The molecule has 32 heavy (non-hydrogen) atoms. The normalized spacial score (nSPS) is 12.9. The van der Waals surface area contributed by atoms with Crippen molar-refractivity contribution in [3.05, 3.63) is 71.8 Å². The molecule has 0 saturated heterocycles. The minimum Gasteiger partial charge on any atom is -0.490 e. The van der Waals surface area contributed by atoms with Gasteiger partial charge < -0.3 is 19.0 Å². The molecule has 3 rings (SSSR count). The van der Waals surface area contributed by atoms with Gasteiger partial charge in [-0.25, -0.2) is 0 Å². The van der Waals surface area contributed by atoms with Gasteiger partial charge in [0.2, 0.25) is 5.78 Å². The molecule has 0 aliphatic rings. The van der Waals surface area contributed by atoms with E-state index in [0.717, 1.165) is 10.8 Å². The van der Waals surface area contributed by atoms with Crippen molar-refractivity contribution in [3.8, 4) is 11.5 Å². The van der Waals surface area contributed by atoms with Crippen LogP contribution >= 0.6 is 0 Å². The van der Waals surface area contributed by atoms with E-state index in [-0.39, 0.29) is 24.4 Å². The number of Topliss-reactive ketones (excluding diaryl/α,β-unsaturated/α-hetero) is 2. The molecule has 0 saturated carbocycles. The molecule has 1 unspecified atom stereocenters. The average Bonchev–Trinajstić information content (AvgIpc) is 2.81. The zero-order valence-electron chi connectivity index (χ0n) is 19.1. The Morgan fingerprint density at radius 2 is 1.56 bits per heavy atom. The Hall–Kier alpha value is -3.18. The van der Waals surface area contributed by atoms with Gasteiger partial charge in [-0.15, -0.1) is 0 Å². The van der Waals surface area contributed by atoms with Gasteiger partial charge in [0.25, 0.3) is 0 Å². The first-order valence-corrected chi connectivity index (χ1v) is 10.9. The van der Waals surface area contributed by atoms with Crippen LogP contribution < -0.4 is 9.47 Å². The van der Waals surface area contributed by atoms with Crippen LogP contribution in [0.2, 0.25) is 0 Å². The van der Waals surface area contributed by atoms with Gasteiger partial charge in [0.15, 0.2) is 17.1 Å². The summed E-state index contributed by atoms with van der Waals surface area (Å²) in [6, 6.07) is 18.9. The van der Waals surface area contributed by atoms with E-state index in [2.05, 4.69) is 0 Å². The van der Waals surface area contributed by atoms with Crippen molar-refractivity contribution in [2.24, 2.45) is 0 Å². The van der Waals surface area contributed by atoms with E-state index in [1.54, 1.807) is 0 Å². The first kappa shape index (κ1) is 23.5. The lowest BCUT2D eigenvalue weighted by Gasteiger charge is -2.32. The van der Waals surface area contributed by atoms with Gasteiger partial charge in [-0.2, -0.15) is 0 Å². The molecule has 5 heteroatoms. The van der Waals surface area contributed by atoms with Crippen molar-refractivity contribution in [1.29, 1.82) is 0 Å². The van der Waals surface area contributed by atoms with Gasteiger partial charge in [-0.3, -0.25) is 4.79 Å². The summed E-state index contributed by atoms with van der Waals surface area (Å²) in [6.07, 6.45) is 0.433. The number of rotatable bonds is 11. The topological polar surface area (TPSA) is 61.8 Å². The molecule has 0 N–H and O–H groups in total. The molecule has 0 amide bonds. The zero-order chi connectivity index (χ0) is 23.1. The summed E-state index contributed by atoms with van der Waals surface area (Å²) in [5.74, 6) is 0.654. The molecule has 3 aromatic carbocycles. The van der Waals surface area contributed by atoms with Crippen LogP contribution in [0.25, 0.3) is 10.8 Å². The zero-order valence-corrected chi connectivity index (χ0v) is 19.1. The highest BCUT2D eigenvalue weighted by molar-refractivity contribution is 6.15. The van der Waals surface area contributed by atoms with Crippen LogP contribution in [0, 0.1) is 0 Å². The molecular weight excluding hydrogens is 404 g/mol. The Labute approximate surface area is 189 Å². The minimum absolute atomic E-state index is 0.00638. The smallest absolute Gasteiger partial charge is 0.203 e. The third-order valence-corrected chi connectivity index (χ3v) is 5.57. The highest BCUT2D eigenvalue weighted by Crippen LogP contribution is 2.43. The fourth-order valence-corrected chi connectivity index (χ4v) is 4.04. The molecule has 168 valence electrons. The second-order valence-electron chi connectivity index (χ2n) is 7.59. The Kier molecular flexibility index (Phi) is 7.65. The molecule has 0 fully saturated rings. The van der Waals surface area contributed by atoms with E-state index in [9.17, 15) is 9.59 Å². The van der Waals surface area contributed by atoms with Gasteiger partial charge in [-0.05, 0) is 49.6 Å². The van der Waals surface area contributed by atoms with E-state index in [1.807, 2.05) is 74.5 Å². The van der Waals surface area contributed by atoms with Crippen molar-refractivity contribution in [2.45, 2.75) is 39.2 Å². The molecule has 0 aliphatic heterocycles. The molecular formula is C27H30O5. The van der Waals surface area contributed by atoms with Crippen molar-refractivity contribution in [1.82, 2.24) is 0 Å². The van der Waals surface area contributed by atoms with Gasteiger partial charge >= 0.3 is 0 Å². The van der Waals surface area contributed by atoms with Crippen LogP contribution in [0.3, 0.4) is 0 Å². The maximum Gasteiger partial charge on any atom is 0.203 e. The number of benzene rings is 3. The van der Waals surface area contributed by atoms with Crippen LogP contribution in [-0.2, 0) is 15.1 Å². The van der Waals surface area contributed by atoms with E-state index in [0.29, 0.717) is 35.8 Å². The summed E-state index contributed by atoms with van der Waals surface area (Å²) in [6.45, 7) is 6.09. The van der Waals surface area contributed by atoms with Crippen LogP contribution in [0.5, 0.6) is 11.5 Å². The number of hydrogen-bond donors (Lipinski definition) is 0. The van der Waals surface area contributed by atoms with Gasteiger partial charge in [-0.1, -0.05) is 54.6 Å².